The summed E-state index contributed by atoms with van der Waals surface area (Å²) in [5, 5.41) is 0.776. The van der Waals surface area contributed by atoms with E-state index in [1.807, 2.05) is 30.3 Å². The molecule has 0 saturated heterocycles. The van der Waals surface area contributed by atoms with Gasteiger partial charge in [0, 0.05) is 5.02 Å². The van der Waals surface area contributed by atoms with Crippen molar-refractivity contribution in [3.63, 3.8) is 0 Å². The van der Waals surface area contributed by atoms with E-state index in [9.17, 15) is 0 Å². The van der Waals surface area contributed by atoms with Crippen LogP contribution in [0.5, 0.6) is 0 Å². The molecule has 1 rings (SSSR count). The fourth-order valence-corrected chi connectivity index (χ4v) is 1.16. The number of rotatable bonds is 1. The van der Waals surface area contributed by atoms with Gasteiger partial charge in [0.1, 0.15) is 0 Å². The third-order valence-electron chi connectivity index (χ3n) is 1.15. The summed E-state index contributed by atoms with van der Waals surface area (Å²) in [6, 6.07) is 7.69. The standard InChI is InChI=1S/C8H6BrCl/c9-6-5-7-3-1-2-4-8(7)10/h1-6H/b6-5+. The maximum absolute atomic E-state index is 5.83. The Labute approximate surface area is 73.6 Å². The SMILES string of the molecule is Clc1ccccc1/C=C/Br. The van der Waals surface area contributed by atoms with Gasteiger partial charge in [-0.05, 0) is 22.7 Å². The van der Waals surface area contributed by atoms with Crippen LogP contribution < -0.4 is 0 Å². The van der Waals surface area contributed by atoms with Crippen LogP contribution in [0.1, 0.15) is 5.56 Å². The Morgan fingerprint density at radius 1 is 1.30 bits per heavy atom. The van der Waals surface area contributed by atoms with Crippen molar-refractivity contribution in [2.75, 3.05) is 0 Å². The van der Waals surface area contributed by atoms with Crippen LogP contribution in [0.15, 0.2) is 29.3 Å². The molecule has 1 aromatic rings. The molecule has 0 spiro atoms. The number of hydrogen-bond acceptors (Lipinski definition) is 0. The zero-order valence-corrected chi connectivity index (χ0v) is 7.56. The normalized spacial score (nSPS) is 10.6. The lowest BCUT2D eigenvalue weighted by Gasteiger charge is -1.93. The van der Waals surface area contributed by atoms with Gasteiger partial charge in [-0.25, -0.2) is 0 Å². The smallest absolute Gasteiger partial charge is 0.0478 e. The summed E-state index contributed by atoms with van der Waals surface area (Å²) in [4.78, 5) is 1.79. The number of benzene rings is 1. The Morgan fingerprint density at radius 3 is 2.60 bits per heavy atom. The minimum atomic E-state index is 0.776. The molecule has 0 nitrogen and oxygen atoms in total. The van der Waals surface area contributed by atoms with E-state index in [1.165, 1.54) is 0 Å². The van der Waals surface area contributed by atoms with Crippen molar-refractivity contribution >= 4 is 33.6 Å². The van der Waals surface area contributed by atoms with Gasteiger partial charge in [0.15, 0.2) is 0 Å². The first-order valence-corrected chi connectivity index (χ1v) is 4.15. The molecule has 0 aliphatic rings. The van der Waals surface area contributed by atoms with Gasteiger partial charge >= 0.3 is 0 Å². The van der Waals surface area contributed by atoms with E-state index < -0.39 is 0 Å². The van der Waals surface area contributed by atoms with Gasteiger partial charge in [0.25, 0.3) is 0 Å². The maximum atomic E-state index is 5.83. The largest absolute Gasteiger partial charge is 0.0837 e. The Morgan fingerprint density at radius 2 is 2.00 bits per heavy atom. The zero-order chi connectivity index (χ0) is 7.40. The molecule has 2 heteroatoms. The number of halogens is 2. The van der Waals surface area contributed by atoms with Crippen molar-refractivity contribution in [3.8, 4) is 0 Å². The van der Waals surface area contributed by atoms with E-state index in [0.717, 1.165) is 10.6 Å². The van der Waals surface area contributed by atoms with Gasteiger partial charge in [-0.15, -0.1) is 0 Å². The van der Waals surface area contributed by atoms with E-state index in [4.69, 9.17) is 11.6 Å². The van der Waals surface area contributed by atoms with Crippen molar-refractivity contribution in [3.05, 3.63) is 39.8 Å². The highest BCUT2D eigenvalue weighted by Gasteiger charge is 1.90. The molecule has 0 saturated carbocycles. The first-order chi connectivity index (χ1) is 4.84. The molecule has 52 valence electrons. The molecule has 10 heavy (non-hydrogen) atoms. The van der Waals surface area contributed by atoms with E-state index in [1.54, 1.807) is 4.99 Å². The molecule has 0 amide bonds. The molecule has 0 radical (unpaired) electrons. The predicted octanol–water partition coefficient (Wildman–Crippen LogP) is 3.71. The molecule has 0 unspecified atom stereocenters. The molecular weight excluding hydrogens is 211 g/mol. The van der Waals surface area contributed by atoms with Crippen molar-refractivity contribution in [1.29, 1.82) is 0 Å². The van der Waals surface area contributed by atoms with Crippen LogP contribution in [0.2, 0.25) is 5.02 Å². The molecule has 0 fully saturated rings. The minimum absolute atomic E-state index is 0.776. The second-order valence-electron chi connectivity index (χ2n) is 1.81. The Balaban J connectivity index is 3.03. The van der Waals surface area contributed by atoms with Gasteiger partial charge in [-0.1, -0.05) is 45.7 Å². The third kappa shape index (κ3) is 1.86. The number of hydrogen-bond donors (Lipinski definition) is 0. The summed E-state index contributed by atoms with van der Waals surface area (Å²) < 4.78 is 0. The van der Waals surface area contributed by atoms with Crippen molar-refractivity contribution in [1.82, 2.24) is 0 Å². The van der Waals surface area contributed by atoms with Crippen LogP contribution in [0.25, 0.3) is 6.08 Å². The molecule has 1 aromatic carbocycles. The molecule has 0 atom stereocenters. The van der Waals surface area contributed by atoms with Crippen LogP contribution >= 0.6 is 27.5 Å². The average Bonchev–Trinajstić information content (AvgIpc) is 1.94. The van der Waals surface area contributed by atoms with Gasteiger partial charge in [-0.2, -0.15) is 0 Å². The summed E-state index contributed by atoms with van der Waals surface area (Å²) >= 11 is 9.01. The zero-order valence-electron chi connectivity index (χ0n) is 5.22. The quantitative estimate of drug-likeness (QED) is 0.673. The van der Waals surface area contributed by atoms with Gasteiger partial charge in [-0.3, -0.25) is 0 Å². The lowest BCUT2D eigenvalue weighted by Crippen LogP contribution is -1.70. The van der Waals surface area contributed by atoms with Gasteiger partial charge in [0.05, 0.1) is 0 Å². The van der Waals surface area contributed by atoms with Crippen molar-refractivity contribution in [2.24, 2.45) is 0 Å². The Kier molecular flexibility index (Phi) is 2.97. The fourth-order valence-electron chi connectivity index (χ4n) is 0.678. The van der Waals surface area contributed by atoms with Gasteiger partial charge < -0.3 is 0 Å². The minimum Gasteiger partial charge on any atom is -0.0837 e. The third-order valence-corrected chi connectivity index (χ3v) is 1.76. The van der Waals surface area contributed by atoms with E-state index in [-0.39, 0.29) is 0 Å². The average molecular weight is 217 g/mol. The summed E-state index contributed by atoms with van der Waals surface area (Å²) in [7, 11) is 0. The monoisotopic (exact) mass is 216 g/mol. The molecule has 0 aliphatic heterocycles. The molecule has 0 heterocycles. The summed E-state index contributed by atoms with van der Waals surface area (Å²) in [5.74, 6) is 0. The first kappa shape index (κ1) is 7.83. The Bertz CT molecular complexity index is 243. The van der Waals surface area contributed by atoms with E-state index in [0.29, 0.717) is 0 Å². The summed E-state index contributed by atoms with van der Waals surface area (Å²) in [6.07, 6.45) is 1.91. The molecular formula is C8H6BrCl. The second-order valence-corrected chi connectivity index (χ2v) is 2.75. The topological polar surface area (TPSA) is 0 Å². The highest BCUT2D eigenvalue weighted by atomic mass is 79.9. The highest BCUT2D eigenvalue weighted by Crippen LogP contribution is 2.16. The summed E-state index contributed by atoms with van der Waals surface area (Å²) in [5.41, 5.74) is 1.03. The van der Waals surface area contributed by atoms with E-state index in [2.05, 4.69) is 15.9 Å². The van der Waals surface area contributed by atoms with E-state index >= 15 is 0 Å². The predicted molar refractivity (Wildman–Crippen MR) is 49.4 cm³/mol. The fraction of sp³-hybridized carbons (Fsp3) is 0. The molecule has 0 aliphatic carbocycles. The second kappa shape index (κ2) is 3.79. The van der Waals surface area contributed by atoms with Crippen LogP contribution in [0.3, 0.4) is 0 Å². The van der Waals surface area contributed by atoms with Crippen molar-refractivity contribution in [2.45, 2.75) is 0 Å². The maximum Gasteiger partial charge on any atom is 0.0478 e. The molecule has 0 N–H and O–H groups in total. The van der Waals surface area contributed by atoms with Crippen LogP contribution in [-0.4, -0.2) is 0 Å². The van der Waals surface area contributed by atoms with Crippen LogP contribution in [-0.2, 0) is 0 Å². The van der Waals surface area contributed by atoms with Crippen LogP contribution in [0, 0.1) is 0 Å². The Hall–Kier alpha value is -0.270. The first-order valence-electron chi connectivity index (χ1n) is 2.86. The molecule has 0 bridgehead atoms. The summed E-state index contributed by atoms with van der Waals surface area (Å²) in [6.45, 7) is 0. The van der Waals surface area contributed by atoms with Crippen molar-refractivity contribution < 1.29 is 0 Å². The van der Waals surface area contributed by atoms with Gasteiger partial charge in [0.2, 0.25) is 0 Å². The molecule has 0 aromatic heterocycles. The van der Waals surface area contributed by atoms with Crippen LogP contribution in [0.4, 0.5) is 0 Å². The lowest BCUT2D eigenvalue weighted by atomic mass is 10.2. The lowest BCUT2D eigenvalue weighted by molar-refractivity contribution is 1.66. The highest BCUT2D eigenvalue weighted by molar-refractivity contribution is 9.11.